The van der Waals surface area contributed by atoms with Crippen LogP contribution in [0.5, 0.6) is 11.5 Å². The van der Waals surface area contributed by atoms with E-state index in [0.29, 0.717) is 22.6 Å². The maximum absolute atomic E-state index is 12.4. The smallest absolute Gasteiger partial charge is 0.333 e. The van der Waals surface area contributed by atoms with Crippen LogP contribution in [0.4, 0.5) is 0 Å². The molecule has 3 rings (SSSR count). The van der Waals surface area contributed by atoms with E-state index in [2.05, 4.69) is 12.0 Å². The zero-order valence-electron chi connectivity index (χ0n) is 17.5. The van der Waals surface area contributed by atoms with Gasteiger partial charge in [-0.1, -0.05) is 42.5 Å². The van der Waals surface area contributed by atoms with Crippen LogP contribution in [0.1, 0.15) is 21.5 Å². The number of ether oxygens (including phenoxy) is 3. The average Bonchev–Trinajstić information content (AvgIpc) is 2.83. The minimum absolute atomic E-state index is 0.0444. The van der Waals surface area contributed by atoms with E-state index >= 15 is 0 Å². The Balaban J connectivity index is 1.46. The highest BCUT2D eigenvalue weighted by molar-refractivity contribution is 6.08. The molecular formula is C26H22O6. The molecule has 3 aromatic carbocycles. The molecule has 0 aromatic heterocycles. The highest BCUT2D eigenvalue weighted by Gasteiger charge is 2.16. The molecule has 0 saturated carbocycles. The van der Waals surface area contributed by atoms with Crippen molar-refractivity contribution in [3.8, 4) is 23.5 Å². The maximum Gasteiger partial charge on any atom is 0.333 e. The van der Waals surface area contributed by atoms with Gasteiger partial charge in [-0.25, -0.2) is 4.79 Å². The molecule has 0 aliphatic carbocycles. The Morgan fingerprint density at radius 2 is 1.50 bits per heavy atom. The first-order valence-corrected chi connectivity index (χ1v) is 9.88. The summed E-state index contributed by atoms with van der Waals surface area (Å²) < 4.78 is 15.8. The van der Waals surface area contributed by atoms with E-state index < -0.39 is 12.1 Å². The number of hydrogen-bond acceptors (Lipinski definition) is 5. The third-order valence-corrected chi connectivity index (χ3v) is 4.61. The van der Waals surface area contributed by atoms with E-state index in [4.69, 9.17) is 19.3 Å². The number of ketones is 1. The number of aliphatic carboxylic acids is 1. The van der Waals surface area contributed by atoms with Crippen LogP contribution in [0.2, 0.25) is 0 Å². The van der Waals surface area contributed by atoms with E-state index in [0.717, 1.165) is 5.56 Å². The third kappa shape index (κ3) is 6.46. The molecule has 0 aliphatic rings. The van der Waals surface area contributed by atoms with Crippen LogP contribution in [-0.4, -0.2) is 36.7 Å². The molecule has 0 amide bonds. The summed E-state index contributed by atoms with van der Waals surface area (Å²) >= 11 is 0. The summed E-state index contributed by atoms with van der Waals surface area (Å²) in [5.74, 6) is 2.84. The molecule has 6 nitrogen and oxygen atoms in total. The first kappa shape index (κ1) is 22.6. The second-order valence-electron chi connectivity index (χ2n) is 6.80. The normalized spacial score (nSPS) is 11.0. The Labute approximate surface area is 186 Å². The molecule has 0 unspecified atom stereocenters. The summed E-state index contributed by atoms with van der Waals surface area (Å²) in [6, 6.07) is 22.9. The summed E-state index contributed by atoms with van der Waals surface area (Å²) in [5.41, 5.74) is 2.04. The molecule has 1 N–H and O–H groups in total. The van der Waals surface area contributed by atoms with Crippen LogP contribution in [0.25, 0.3) is 0 Å². The summed E-state index contributed by atoms with van der Waals surface area (Å²) in [5, 5.41) is 9.03. The van der Waals surface area contributed by atoms with Gasteiger partial charge in [0.25, 0.3) is 0 Å². The fourth-order valence-electron chi connectivity index (χ4n) is 2.88. The molecule has 0 spiro atoms. The Hall–Kier alpha value is -4.08. The Kier molecular flexibility index (Phi) is 8.02. The van der Waals surface area contributed by atoms with Gasteiger partial charge in [-0.3, -0.25) is 4.79 Å². The van der Waals surface area contributed by atoms with Crippen molar-refractivity contribution in [2.75, 3.05) is 13.7 Å². The number of carboxylic acid groups (broad SMARTS) is 1. The minimum atomic E-state index is -1.00. The highest BCUT2D eigenvalue weighted by Crippen LogP contribution is 2.16. The first-order chi connectivity index (χ1) is 15.6. The van der Waals surface area contributed by atoms with Crippen molar-refractivity contribution in [3.63, 3.8) is 0 Å². The molecule has 0 heterocycles. The van der Waals surface area contributed by atoms with E-state index in [1.165, 1.54) is 7.11 Å². The van der Waals surface area contributed by atoms with Gasteiger partial charge in [0.2, 0.25) is 0 Å². The van der Waals surface area contributed by atoms with Crippen LogP contribution in [0.15, 0.2) is 78.9 Å². The van der Waals surface area contributed by atoms with Crippen LogP contribution in [0, 0.1) is 12.0 Å². The van der Waals surface area contributed by atoms with Crippen molar-refractivity contribution in [2.45, 2.75) is 12.5 Å². The first-order valence-electron chi connectivity index (χ1n) is 9.88. The molecule has 6 heteroatoms. The Bertz CT molecular complexity index is 1090. The summed E-state index contributed by atoms with van der Waals surface area (Å²) in [6.07, 6.45) is 1.95. The molecule has 0 saturated heterocycles. The van der Waals surface area contributed by atoms with Crippen molar-refractivity contribution in [2.24, 2.45) is 0 Å². The average molecular weight is 430 g/mol. The zero-order chi connectivity index (χ0) is 22.8. The van der Waals surface area contributed by atoms with Gasteiger partial charge >= 0.3 is 5.97 Å². The SMILES string of the molecule is CO[C@@H](Cc1ccc(OC#CCOc2ccc(C(=O)c3ccccc3)cc2)cc1)C(=O)O. The van der Waals surface area contributed by atoms with Crippen LogP contribution >= 0.6 is 0 Å². The lowest BCUT2D eigenvalue weighted by atomic mass is 10.0. The van der Waals surface area contributed by atoms with Gasteiger partial charge in [0.15, 0.2) is 18.5 Å². The van der Waals surface area contributed by atoms with Gasteiger partial charge in [0.1, 0.15) is 17.6 Å². The topological polar surface area (TPSA) is 82.1 Å². The lowest BCUT2D eigenvalue weighted by molar-refractivity contribution is -0.148. The highest BCUT2D eigenvalue weighted by atomic mass is 16.5. The molecule has 162 valence electrons. The zero-order valence-corrected chi connectivity index (χ0v) is 17.5. The molecule has 32 heavy (non-hydrogen) atoms. The van der Waals surface area contributed by atoms with Crippen LogP contribution < -0.4 is 9.47 Å². The lowest BCUT2D eigenvalue weighted by Gasteiger charge is -2.10. The molecular weight excluding hydrogens is 408 g/mol. The summed E-state index contributed by atoms with van der Waals surface area (Å²) in [6.45, 7) is 0.123. The van der Waals surface area contributed by atoms with Gasteiger partial charge in [0, 0.05) is 24.7 Å². The van der Waals surface area contributed by atoms with Crippen LogP contribution in [-0.2, 0) is 16.0 Å². The standard InChI is InChI=1S/C26H22O6/c1-30-24(26(28)29)18-19-8-12-22(13-9-19)31-16-5-17-32-23-14-10-21(11-15-23)25(27)20-6-3-2-4-7-20/h2-4,6-15,24H,17-18H2,1H3,(H,28,29)/t24-/m0/s1. The number of methoxy groups -OCH3 is 1. The van der Waals surface area contributed by atoms with E-state index in [9.17, 15) is 9.59 Å². The fraction of sp³-hybridized carbons (Fsp3) is 0.154. The molecule has 0 fully saturated rings. The number of carbonyl (C=O) groups is 2. The van der Waals surface area contributed by atoms with E-state index in [1.54, 1.807) is 60.7 Å². The fourth-order valence-corrected chi connectivity index (χ4v) is 2.88. The number of rotatable bonds is 9. The van der Waals surface area contributed by atoms with Crippen molar-refractivity contribution in [1.29, 1.82) is 0 Å². The second kappa shape index (κ2) is 11.3. The van der Waals surface area contributed by atoms with Gasteiger partial charge in [-0.2, -0.15) is 0 Å². The van der Waals surface area contributed by atoms with E-state index in [1.807, 2.05) is 18.2 Å². The molecule has 0 aliphatic heterocycles. The molecule has 0 radical (unpaired) electrons. The van der Waals surface area contributed by atoms with E-state index in [-0.39, 0.29) is 18.8 Å². The minimum Gasteiger partial charge on any atom is -0.481 e. The Morgan fingerprint density at radius 3 is 2.12 bits per heavy atom. The summed E-state index contributed by atoms with van der Waals surface area (Å²) in [7, 11) is 1.37. The largest absolute Gasteiger partial charge is 0.481 e. The molecule has 3 aromatic rings. The van der Waals surface area contributed by atoms with Gasteiger partial charge in [0.05, 0.1) is 0 Å². The number of benzene rings is 3. The van der Waals surface area contributed by atoms with Crippen molar-refractivity contribution < 1.29 is 28.9 Å². The van der Waals surface area contributed by atoms with Gasteiger partial charge in [-0.15, -0.1) is 0 Å². The monoisotopic (exact) mass is 430 g/mol. The number of hydrogen-bond donors (Lipinski definition) is 1. The van der Waals surface area contributed by atoms with Crippen molar-refractivity contribution >= 4 is 11.8 Å². The van der Waals surface area contributed by atoms with Gasteiger partial charge < -0.3 is 19.3 Å². The van der Waals surface area contributed by atoms with Crippen molar-refractivity contribution in [3.05, 3.63) is 95.6 Å². The predicted molar refractivity (Wildman–Crippen MR) is 119 cm³/mol. The maximum atomic E-state index is 12.4. The quantitative estimate of drug-likeness (QED) is 0.409. The lowest BCUT2D eigenvalue weighted by Crippen LogP contribution is -2.24. The van der Waals surface area contributed by atoms with Crippen molar-refractivity contribution in [1.82, 2.24) is 0 Å². The van der Waals surface area contributed by atoms with Crippen LogP contribution in [0.3, 0.4) is 0 Å². The molecule has 0 bridgehead atoms. The molecule has 1 atom stereocenters. The number of carboxylic acids is 1. The number of carbonyl (C=O) groups excluding carboxylic acids is 1. The third-order valence-electron chi connectivity index (χ3n) is 4.61. The van der Waals surface area contributed by atoms with Gasteiger partial charge in [-0.05, 0) is 47.9 Å². The predicted octanol–water partition coefficient (Wildman–Crippen LogP) is 3.98. The second-order valence-corrected chi connectivity index (χ2v) is 6.80. The Morgan fingerprint density at radius 1 is 0.875 bits per heavy atom. The summed E-state index contributed by atoms with van der Waals surface area (Å²) in [4.78, 5) is 23.4.